The Balaban J connectivity index is 1.22. The van der Waals surface area contributed by atoms with Crippen molar-refractivity contribution in [3.05, 3.63) is 78.4 Å². The highest BCUT2D eigenvalue weighted by atomic mass is 16.5. The molecule has 7 nitrogen and oxygen atoms in total. The molecule has 0 spiro atoms. The Kier molecular flexibility index (Phi) is 8.57. The number of nitrogens with zero attached hydrogens (tertiary/aromatic N) is 4. The Labute approximate surface area is 207 Å². The fourth-order valence-corrected chi connectivity index (χ4v) is 4.36. The van der Waals surface area contributed by atoms with Gasteiger partial charge in [-0.15, -0.1) is 0 Å². The predicted molar refractivity (Wildman–Crippen MR) is 138 cm³/mol. The second-order valence-electron chi connectivity index (χ2n) is 8.68. The van der Waals surface area contributed by atoms with Crippen LogP contribution >= 0.6 is 0 Å². The third kappa shape index (κ3) is 6.73. The first kappa shape index (κ1) is 24.5. The molecule has 2 heterocycles. The summed E-state index contributed by atoms with van der Waals surface area (Å²) in [7, 11) is 3.31. The fourth-order valence-electron chi connectivity index (χ4n) is 4.36. The van der Waals surface area contributed by atoms with Gasteiger partial charge in [-0.1, -0.05) is 30.4 Å². The van der Waals surface area contributed by atoms with E-state index in [0.29, 0.717) is 6.42 Å². The molecule has 0 atom stereocenters. The minimum atomic E-state index is 0.193. The zero-order valence-electron chi connectivity index (χ0n) is 20.6. The van der Waals surface area contributed by atoms with E-state index in [1.165, 1.54) is 5.56 Å². The molecule has 0 N–H and O–H groups in total. The van der Waals surface area contributed by atoms with Gasteiger partial charge in [-0.3, -0.25) is 4.79 Å². The Bertz CT molecular complexity index is 1110. The van der Waals surface area contributed by atoms with Crippen LogP contribution in [0.15, 0.2) is 67.3 Å². The number of rotatable bonds is 9. The van der Waals surface area contributed by atoms with Crippen LogP contribution in [-0.2, 0) is 11.2 Å². The molecule has 1 saturated heterocycles. The van der Waals surface area contributed by atoms with E-state index < -0.39 is 0 Å². The van der Waals surface area contributed by atoms with E-state index in [1.54, 1.807) is 26.7 Å². The smallest absolute Gasteiger partial charge is 0.226 e. The molecule has 1 fully saturated rings. The van der Waals surface area contributed by atoms with Gasteiger partial charge >= 0.3 is 0 Å². The van der Waals surface area contributed by atoms with Gasteiger partial charge in [0.25, 0.3) is 0 Å². The van der Waals surface area contributed by atoms with E-state index in [1.807, 2.05) is 39.9 Å². The van der Waals surface area contributed by atoms with Gasteiger partial charge in [0.2, 0.25) is 5.91 Å². The van der Waals surface area contributed by atoms with Gasteiger partial charge in [0, 0.05) is 50.7 Å². The van der Waals surface area contributed by atoms with Crippen LogP contribution in [0.5, 0.6) is 11.5 Å². The number of hydrogen-bond donors (Lipinski definition) is 0. The average Bonchev–Trinajstić information content (AvgIpc) is 3.33. The molecule has 0 bridgehead atoms. The highest BCUT2D eigenvalue weighted by Crippen LogP contribution is 2.27. The first-order valence-corrected chi connectivity index (χ1v) is 12.1. The molecule has 7 heteroatoms. The zero-order valence-corrected chi connectivity index (χ0v) is 20.6. The minimum Gasteiger partial charge on any atom is -0.493 e. The topological polar surface area (TPSA) is 59.8 Å². The number of aromatic nitrogens is 2. The largest absolute Gasteiger partial charge is 0.493 e. The van der Waals surface area contributed by atoms with Crippen molar-refractivity contribution in [1.29, 1.82) is 0 Å². The summed E-state index contributed by atoms with van der Waals surface area (Å²) in [5, 5.41) is 0. The Morgan fingerprint density at radius 2 is 1.83 bits per heavy atom. The van der Waals surface area contributed by atoms with Crippen LogP contribution in [-0.4, -0.2) is 72.2 Å². The molecule has 1 aliphatic rings. The Morgan fingerprint density at radius 3 is 2.57 bits per heavy atom. The molecule has 1 amide bonds. The predicted octanol–water partition coefficient (Wildman–Crippen LogP) is 4.07. The molecule has 0 radical (unpaired) electrons. The van der Waals surface area contributed by atoms with Gasteiger partial charge < -0.3 is 23.8 Å². The lowest BCUT2D eigenvalue weighted by molar-refractivity contribution is -0.130. The standard InChI is InChI=1S/C28H34N4O3/c1-34-26-12-9-24(21-27(26)35-2)13-17-30-15-4-16-31(20-19-30)28(33)6-3-5-23-7-10-25(11-8-23)32-18-14-29-22-32/h3,5,7-12,14,18,21-22H,4,6,13,15-17,19-20H2,1-2H3. The van der Waals surface area contributed by atoms with Crippen molar-refractivity contribution in [3.8, 4) is 17.2 Å². The molecule has 0 saturated carbocycles. The number of benzene rings is 2. The second kappa shape index (κ2) is 12.2. The lowest BCUT2D eigenvalue weighted by Gasteiger charge is -2.22. The van der Waals surface area contributed by atoms with Crippen molar-refractivity contribution in [2.75, 3.05) is 46.9 Å². The molecule has 184 valence electrons. The Morgan fingerprint density at radius 1 is 1.00 bits per heavy atom. The summed E-state index contributed by atoms with van der Waals surface area (Å²) in [6.07, 6.45) is 11.8. The summed E-state index contributed by atoms with van der Waals surface area (Å²) in [6, 6.07) is 14.3. The van der Waals surface area contributed by atoms with E-state index >= 15 is 0 Å². The summed E-state index contributed by atoms with van der Waals surface area (Å²) in [5.74, 6) is 1.71. The van der Waals surface area contributed by atoms with Gasteiger partial charge in [-0.05, 0) is 54.8 Å². The van der Waals surface area contributed by atoms with Crippen molar-refractivity contribution < 1.29 is 14.3 Å². The third-order valence-corrected chi connectivity index (χ3v) is 6.40. The third-order valence-electron chi connectivity index (χ3n) is 6.40. The number of ether oxygens (including phenoxy) is 2. The lowest BCUT2D eigenvalue weighted by Crippen LogP contribution is -2.35. The van der Waals surface area contributed by atoms with E-state index in [0.717, 1.165) is 68.3 Å². The SMILES string of the molecule is COc1ccc(CCN2CCCN(C(=O)CC=Cc3ccc(-n4ccnc4)cc3)CC2)cc1OC. The number of carbonyl (C=O) groups is 1. The van der Waals surface area contributed by atoms with Gasteiger partial charge in [0.15, 0.2) is 11.5 Å². The summed E-state index contributed by atoms with van der Waals surface area (Å²) >= 11 is 0. The molecule has 2 aromatic carbocycles. The van der Waals surface area contributed by atoms with Crippen molar-refractivity contribution in [3.63, 3.8) is 0 Å². The Hall–Kier alpha value is -3.58. The summed E-state index contributed by atoms with van der Waals surface area (Å²) in [6.45, 7) is 4.47. The van der Waals surface area contributed by atoms with Crippen LogP contribution in [0.4, 0.5) is 0 Å². The summed E-state index contributed by atoms with van der Waals surface area (Å²) in [4.78, 5) is 21.3. The second-order valence-corrected chi connectivity index (χ2v) is 8.68. The van der Waals surface area contributed by atoms with Gasteiger partial charge in [0.05, 0.1) is 20.5 Å². The van der Waals surface area contributed by atoms with Gasteiger partial charge in [0.1, 0.15) is 0 Å². The van der Waals surface area contributed by atoms with Crippen LogP contribution < -0.4 is 9.47 Å². The maximum Gasteiger partial charge on any atom is 0.226 e. The van der Waals surface area contributed by atoms with Crippen LogP contribution in [0.2, 0.25) is 0 Å². The number of amides is 1. The van der Waals surface area contributed by atoms with Crippen LogP contribution in [0, 0.1) is 0 Å². The highest BCUT2D eigenvalue weighted by Gasteiger charge is 2.18. The highest BCUT2D eigenvalue weighted by molar-refractivity contribution is 5.78. The van der Waals surface area contributed by atoms with E-state index in [9.17, 15) is 4.79 Å². The molecule has 1 aliphatic heterocycles. The zero-order chi connectivity index (χ0) is 24.5. The molecule has 35 heavy (non-hydrogen) atoms. The lowest BCUT2D eigenvalue weighted by atomic mass is 10.1. The molecule has 0 unspecified atom stereocenters. The van der Waals surface area contributed by atoms with Crippen LogP contribution in [0.3, 0.4) is 0 Å². The molecule has 0 aliphatic carbocycles. The van der Waals surface area contributed by atoms with Crippen molar-refractivity contribution >= 4 is 12.0 Å². The molecule has 4 rings (SSSR count). The van der Waals surface area contributed by atoms with Crippen molar-refractivity contribution in [2.24, 2.45) is 0 Å². The molecule has 1 aromatic heterocycles. The van der Waals surface area contributed by atoms with E-state index in [2.05, 4.69) is 40.2 Å². The fraction of sp³-hybridized carbons (Fsp3) is 0.357. The summed E-state index contributed by atoms with van der Waals surface area (Å²) in [5.41, 5.74) is 3.37. The van der Waals surface area contributed by atoms with E-state index in [-0.39, 0.29) is 5.91 Å². The number of carbonyl (C=O) groups excluding carboxylic acids is 1. The monoisotopic (exact) mass is 474 g/mol. The van der Waals surface area contributed by atoms with Gasteiger partial charge in [-0.25, -0.2) is 4.98 Å². The van der Waals surface area contributed by atoms with Gasteiger partial charge in [-0.2, -0.15) is 0 Å². The van der Waals surface area contributed by atoms with Crippen molar-refractivity contribution in [1.82, 2.24) is 19.4 Å². The van der Waals surface area contributed by atoms with E-state index in [4.69, 9.17) is 9.47 Å². The summed E-state index contributed by atoms with van der Waals surface area (Å²) < 4.78 is 12.7. The quantitative estimate of drug-likeness (QED) is 0.468. The minimum absolute atomic E-state index is 0.193. The maximum absolute atomic E-state index is 12.8. The average molecular weight is 475 g/mol. The maximum atomic E-state index is 12.8. The first-order chi connectivity index (χ1) is 17.2. The van der Waals surface area contributed by atoms with Crippen LogP contribution in [0.25, 0.3) is 11.8 Å². The molecular formula is C28H34N4O3. The number of hydrogen-bond acceptors (Lipinski definition) is 5. The van der Waals surface area contributed by atoms with Crippen LogP contribution in [0.1, 0.15) is 24.0 Å². The molecular weight excluding hydrogens is 440 g/mol. The normalized spacial score (nSPS) is 14.7. The molecule has 3 aromatic rings. The first-order valence-electron chi connectivity index (χ1n) is 12.1. The number of methoxy groups -OCH3 is 2. The number of imidazole rings is 1. The van der Waals surface area contributed by atoms with Crippen molar-refractivity contribution in [2.45, 2.75) is 19.3 Å².